The van der Waals surface area contributed by atoms with Gasteiger partial charge in [0.2, 0.25) is 0 Å². The molecule has 0 saturated heterocycles. The smallest absolute Gasteiger partial charge is 0.260 e. The Morgan fingerprint density at radius 3 is 2.90 bits per heavy atom. The standard InChI is InChI=1S/C13H11BrN4OS/c1-7-16-9(6-20-7)5-12-17-13(19-18-12)10-3-2-8(14)4-11(10)15/h2-4,6H,5,15H2,1H3. The van der Waals surface area contributed by atoms with Gasteiger partial charge in [0.05, 0.1) is 22.7 Å². The van der Waals surface area contributed by atoms with E-state index in [0.29, 0.717) is 23.8 Å². The van der Waals surface area contributed by atoms with Gasteiger partial charge in [-0.15, -0.1) is 11.3 Å². The average molecular weight is 351 g/mol. The SMILES string of the molecule is Cc1nc(Cc2noc(-c3ccc(Br)cc3N)n2)cs1. The van der Waals surface area contributed by atoms with Gasteiger partial charge >= 0.3 is 0 Å². The van der Waals surface area contributed by atoms with Crippen molar-refractivity contribution in [2.45, 2.75) is 13.3 Å². The van der Waals surface area contributed by atoms with Crippen LogP contribution in [0, 0.1) is 6.92 Å². The number of aryl methyl sites for hydroxylation is 1. The maximum Gasteiger partial charge on any atom is 0.260 e. The number of nitrogens with two attached hydrogens (primary N) is 1. The predicted molar refractivity (Wildman–Crippen MR) is 81.5 cm³/mol. The molecule has 0 spiro atoms. The number of anilines is 1. The van der Waals surface area contributed by atoms with Gasteiger partial charge in [-0.2, -0.15) is 4.98 Å². The van der Waals surface area contributed by atoms with E-state index in [2.05, 4.69) is 31.1 Å². The van der Waals surface area contributed by atoms with Gasteiger partial charge in [0.25, 0.3) is 5.89 Å². The molecule has 0 aliphatic carbocycles. The summed E-state index contributed by atoms with van der Waals surface area (Å²) in [4.78, 5) is 8.75. The number of nitrogens with zero attached hydrogens (tertiary/aromatic N) is 3. The predicted octanol–water partition coefficient (Wildman–Crippen LogP) is 3.44. The van der Waals surface area contributed by atoms with Crippen molar-refractivity contribution < 1.29 is 4.52 Å². The number of nitrogen functional groups attached to an aromatic ring is 1. The van der Waals surface area contributed by atoms with Crippen molar-refractivity contribution >= 4 is 33.0 Å². The fraction of sp³-hybridized carbons (Fsp3) is 0.154. The molecular formula is C13H11BrN4OS. The molecule has 2 aromatic heterocycles. The van der Waals surface area contributed by atoms with Crippen LogP contribution in [0.5, 0.6) is 0 Å². The highest BCUT2D eigenvalue weighted by Crippen LogP contribution is 2.27. The van der Waals surface area contributed by atoms with E-state index < -0.39 is 0 Å². The first-order valence-electron chi connectivity index (χ1n) is 5.91. The number of thiazole rings is 1. The fourth-order valence-electron chi connectivity index (χ4n) is 1.81. The summed E-state index contributed by atoms with van der Waals surface area (Å²) in [7, 11) is 0. The zero-order chi connectivity index (χ0) is 14.1. The molecule has 0 radical (unpaired) electrons. The second-order valence-corrected chi connectivity index (χ2v) is 6.26. The molecule has 2 N–H and O–H groups in total. The first kappa shape index (κ1) is 13.3. The molecular weight excluding hydrogens is 340 g/mol. The van der Waals surface area contributed by atoms with E-state index in [1.165, 1.54) is 0 Å². The molecule has 102 valence electrons. The molecule has 0 atom stereocenters. The lowest BCUT2D eigenvalue weighted by Gasteiger charge is -2.00. The molecule has 0 amide bonds. The average Bonchev–Trinajstić information content (AvgIpc) is 2.99. The third-order valence-corrected chi connectivity index (χ3v) is 4.03. The first-order chi connectivity index (χ1) is 9.61. The lowest BCUT2D eigenvalue weighted by Crippen LogP contribution is -1.92. The third kappa shape index (κ3) is 2.73. The molecule has 3 rings (SSSR count). The van der Waals surface area contributed by atoms with Gasteiger partial charge in [-0.25, -0.2) is 4.98 Å². The molecule has 0 bridgehead atoms. The largest absolute Gasteiger partial charge is 0.398 e. The van der Waals surface area contributed by atoms with Crippen molar-refractivity contribution in [2.24, 2.45) is 0 Å². The maximum atomic E-state index is 5.95. The molecule has 2 heterocycles. The van der Waals surface area contributed by atoms with E-state index in [9.17, 15) is 0 Å². The van der Waals surface area contributed by atoms with E-state index in [0.717, 1.165) is 20.7 Å². The van der Waals surface area contributed by atoms with Crippen LogP contribution in [0.3, 0.4) is 0 Å². The van der Waals surface area contributed by atoms with Crippen LogP contribution >= 0.6 is 27.3 Å². The number of benzene rings is 1. The number of hydrogen-bond acceptors (Lipinski definition) is 6. The Kier molecular flexibility index (Phi) is 3.54. The van der Waals surface area contributed by atoms with E-state index in [1.54, 1.807) is 11.3 Å². The van der Waals surface area contributed by atoms with E-state index in [1.807, 2.05) is 30.5 Å². The summed E-state index contributed by atoms with van der Waals surface area (Å²) < 4.78 is 6.18. The van der Waals surface area contributed by atoms with Crippen molar-refractivity contribution in [1.82, 2.24) is 15.1 Å². The lowest BCUT2D eigenvalue weighted by molar-refractivity contribution is 0.424. The zero-order valence-electron chi connectivity index (χ0n) is 10.6. The van der Waals surface area contributed by atoms with Crippen LogP contribution in [0.1, 0.15) is 16.5 Å². The Morgan fingerprint density at radius 1 is 1.35 bits per heavy atom. The van der Waals surface area contributed by atoms with Crippen LogP contribution in [0.15, 0.2) is 32.6 Å². The summed E-state index contributed by atoms with van der Waals surface area (Å²) in [5.41, 5.74) is 8.23. The summed E-state index contributed by atoms with van der Waals surface area (Å²) in [5, 5.41) is 7.00. The summed E-state index contributed by atoms with van der Waals surface area (Å²) in [6.07, 6.45) is 0.560. The third-order valence-electron chi connectivity index (χ3n) is 2.72. The summed E-state index contributed by atoms with van der Waals surface area (Å²) >= 11 is 4.98. The Bertz CT molecular complexity index is 752. The van der Waals surface area contributed by atoms with Crippen molar-refractivity contribution in [3.63, 3.8) is 0 Å². The van der Waals surface area contributed by atoms with Gasteiger partial charge in [0.1, 0.15) is 0 Å². The van der Waals surface area contributed by atoms with Crippen molar-refractivity contribution in [3.8, 4) is 11.5 Å². The number of aromatic nitrogens is 3. The molecule has 0 unspecified atom stereocenters. The topological polar surface area (TPSA) is 77.8 Å². The molecule has 0 fully saturated rings. The van der Waals surface area contributed by atoms with Crippen molar-refractivity contribution in [2.75, 3.05) is 5.73 Å². The second kappa shape index (κ2) is 5.34. The second-order valence-electron chi connectivity index (χ2n) is 4.28. The highest BCUT2D eigenvalue weighted by molar-refractivity contribution is 9.10. The van der Waals surface area contributed by atoms with Gasteiger partial charge < -0.3 is 10.3 Å². The monoisotopic (exact) mass is 350 g/mol. The minimum absolute atomic E-state index is 0.428. The van der Waals surface area contributed by atoms with Crippen LogP contribution in [-0.4, -0.2) is 15.1 Å². The van der Waals surface area contributed by atoms with Gasteiger partial charge in [0, 0.05) is 15.5 Å². The van der Waals surface area contributed by atoms with Crippen LogP contribution < -0.4 is 5.73 Å². The van der Waals surface area contributed by atoms with E-state index in [-0.39, 0.29) is 0 Å². The Labute approximate surface area is 128 Å². The molecule has 20 heavy (non-hydrogen) atoms. The van der Waals surface area contributed by atoms with Crippen LogP contribution in [-0.2, 0) is 6.42 Å². The Hall–Kier alpha value is -1.73. The van der Waals surface area contributed by atoms with Gasteiger partial charge in [0.15, 0.2) is 5.82 Å². The lowest BCUT2D eigenvalue weighted by atomic mass is 10.2. The van der Waals surface area contributed by atoms with Gasteiger partial charge in [-0.1, -0.05) is 21.1 Å². The van der Waals surface area contributed by atoms with Crippen molar-refractivity contribution in [1.29, 1.82) is 0 Å². The Balaban J connectivity index is 1.86. The normalized spacial score (nSPS) is 10.9. The quantitative estimate of drug-likeness (QED) is 0.732. The van der Waals surface area contributed by atoms with E-state index in [4.69, 9.17) is 10.3 Å². The highest BCUT2D eigenvalue weighted by Gasteiger charge is 2.13. The van der Waals surface area contributed by atoms with Crippen LogP contribution in [0.2, 0.25) is 0 Å². The number of rotatable bonds is 3. The van der Waals surface area contributed by atoms with Crippen LogP contribution in [0.25, 0.3) is 11.5 Å². The Morgan fingerprint density at radius 2 is 2.20 bits per heavy atom. The van der Waals surface area contributed by atoms with Crippen molar-refractivity contribution in [3.05, 3.63) is 44.6 Å². The van der Waals surface area contributed by atoms with Gasteiger partial charge in [-0.05, 0) is 25.1 Å². The first-order valence-corrected chi connectivity index (χ1v) is 7.58. The highest BCUT2D eigenvalue weighted by atomic mass is 79.9. The molecule has 0 aliphatic rings. The molecule has 7 heteroatoms. The summed E-state index contributed by atoms with van der Waals surface area (Å²) in [6, 6.07) is 5.55. The summed E-state index contributed by atoms with van der Waals surface area (Å²) in [5.74, 6) is 1.03. The van der Waals surface area contributed by atoms with Gasteiger partial charge in [-0.3, -0.25) is 0 Å². The molecule has 0 aliphatic heterocycles. The molecule has 3 aromatic rings. The minimum Gasteiger partial charge on any atom is -0.398 e. The fourth-order valence-corrected chi connectivity index (χ4v) is 2.81. The maximum absolute atomic E-state index is 5.95. The molecule has 0 saturated carbocycles. The molecule has 1 aromatic carbocycles. The van der Waals surface area contributed by atoms with Crippen LogP contribution in [0.4, 0.5) is 5.69 Å². The summed E-state index contributed by atoms with van der Waals surface area (Å²) in [6.45, 7) is 1.97. The zero-order valence-corrected chi connectivity index (χ0v) is 13.0. The minimum atomic E-state index is 0.428. The molecule has 5 nitrogen and oxygen atoms in total. The number of halogens is 1. The van der Waals surface area contributed by atoms with E-state index >= 15 is 0 Å². The number of hydrogen-bond donors (Lipinski definition) is 1.